The highest BCUT2D eigenvalue weighted by atomic mass is 79.9. The average molecular weight is 650 g/mol. The van der Waals surface area contributed by atoms with Crippen LogP contribution in [0.25, 0.3) is 16.7 Å². The van der Waals surface area contributed by atoms with Crippen LogP contribution in [0.2, 0.25) is 0 Å². The Kier molecular flexibility index (Phi) is 8.68. The fourth-order valence-electron chi connectivity index (χ4n) is 3.79. The van der Waals surface area contributed by atoms with E-state index in [1.807, 2.05) is 65.2 Å². The molecule has 39 heavy (non-hydrogen) atoms. The van der Waals surface area contributed by atoms with Gasteiger partial charge in [0.05, 0.1) is 16.0 Å². The predicted molar refractivity (Wildman–Crippen MR) is 159 cm³/mol. The molecule has 0 aliphatic rings. The van der Waals surface area contributed by atoms with E-state index in [9.17, 15) is 19.7 Å². The van der Waals surface area contributed by atoms with E-state index in [0.29, 0.717) is 16.8 Å². The monoisotopic (exact) mass is 648 g/mol. The second kappa shape index (κ2) is 12.1. The number of benzene rings is 4. The van der Waals surface area contributed by atoms with Crippen molar-refractivity contribution < 1.29 is 14.5 Å². The summed E-state index contributed by atoms with van der Waals surface area (Å²) in [5.74, 6) is -0.152. The number of nitro groups is 1. The molecule has 1 aromatic heterocycles. The third-order valence-corrected chi connectivity index (χ3v) is 6.73. The molecule has 0 aliphatic carbocycles. The van der Waals surface area contributed by atoms with Crippen molar-refractivity contribution in [2.75, 3.05) is 5.32 Å². The summed E-state index contributed by atoms with van der Waals surface area (Å²) in [6, 6.07) is 25.3. The highest BCUT2D eigenvalue weighted by molar-refractivity contribution is 9.10. The van der Waals surface area contributed by atoms with Gasteiger partial charge in [0.25, 0.3) is 5.69 Å². The number of halogens is 2. The minimum absolute atomic E-state index is 0.0545. The van der Waals surface area contributed by atoms with Gasteiger partial charge in [-0.25, -0.2) is 4.98 Å². The number of fused-ring (bicyclic) bond motifs is 1. The largest absolute Gasteiger partial charge is 0.350 e. The SMILES string of the molecule is CC(=O)c1ccc(Nc2cccc(Br)c2)c([N+](=O)[O-])c1.CC(=O)c1ccc2c(c1)ncn2-c1cccc(Br)c1. The van der Waals surface area contributed by atoms with E-state index in [2.05, 4.69) is 42.2 Å². The first-order valence-corrected chi connectivity index (χ1v) is 13.3. The quantitative estimate of drug-likeness (QED) is 0.113. The zero-order valence-corrected chi connectivity index (χ0v) is 24.1. The summed E-state index contributed by atoms with van der Waals surface area (Å²) >= 11 is 6.80. The third kappa shape index (κ3) is 6.84. The Morgan fingerprint density at radius 1 is 0.846 bits per heavy atom. The molecule has 196 valence electrons. The smallest absolute Gasteiger partial charge is 0.293 e. The Morgan fingerprint density at radius 2 is 1.49 bits per heavy atom. The Bertz CT molecular complexity index is 1720. The summed E-state index contributed by atoms with van der Waals surface area (Å²) in [6.07, 6.45) is 1.77. The van der Waals surface area contributed by atoms with E-state index in [1.165, 1.54) is 19.1 Å². The van der Waals surface area contributed by atoms with Gasteiger partial charge in [-0.05, 0) is 80.6 Å². The molecule has 8 nitrogen and oxygen atoms in total. The topological polar surface area (TPSA) is 107 Å². The molecule has 10 heteroatoms. The number of nitro benzene ring substituents is 1. The molecule has 0 bridgehead atoms. The van der Waals surface area contributed by atoms with Gasteiger partial charge in [-0.2, -0.15) is 0 Å². The van der Waals surface area contributed by atoms with Crippen LogP contribution < -0.4 is 5.32 Å². The zero-order chi connectivity index (χ0) is 28.1. The summed E-state index contributed by atoms with van der Waals surface area (Å²) in [7, 11) is 0. The van der Waals surface area contributed by atoms with Crippen LogP contribution in [0.4, 0.5) is 17.1 Å². The lowest BCUT2D eigenvalue weighted by Gasteiger charge is -2.08. The molecule has 0 amide bonds. The highest BCUT2D eigenvalue weighted by Gasteiger charge is 2.16. The molecule has 0 atom stereocenters. The molecule has 0 aliphatic heterocycles. The molecule has 0 fully saturated rings. The number of carbonyl (C=O) groups excluding carboxylic acids is 2. The minimum atomic E-state index is -0.507. The summed E-state index contributed by atoms with van der Waals surface area (Å²) in [5.41, 5.74) is 4.79. The van der Waals surface area contributed by atoms with Crippen molar-refractivity contribution in [3.05, 3.63) is 121 Å². The van der Waals surface area contributed by atoms with Gasteiger partial charge in [-0.3, -0.25) is 24.3 Å². The van der Waals surface area contributed by atoms with Crippen LogP contribution in [0.15, 0.2) is 100 Å². The zero-order valence-electron chi connectivity index (χ0n) is 20.9. The number of carbonyl (C=O) groups is 2. The second-order valence-electron chi connectivity index (χ2n) is 8.53. The lowest BCUT2D eigenvalue weighted by Crippen LogP contribution is -2.00. The second-order valence-corrected chi connectivity index (χ2v) is 10.4. The van der Waals surface area contributed by atoms with Crippen LogP contribution in [-0.2, 0) is 0 Å². The standard InChI is InChI=1S/C15H11BrN2O.C14H11BrN2O3/c1-10(19)11-5-6-15-14(7-11)17-9-18(15)13-4-2-3-12(16)8-13;1-9(18)10-5-6-13(14(7-10)17(19)20)16-12-4-2-3-11(15)8-12/h2-9H,1H3;2-8,16H,1H3. The molecule has 5 aromatic rings. The van der Waals surface area contributed by atoms with Gasteiger partial charge in [-0.15, -0.1) is 0 Å². The van der Waals surface area contributed by atoms with E-state index < -0.39 is 4.92 Å². The molecule has 1 N–H and O–H groups in total. The fraction of sp³-hybridized carbons (Fsp3) is 0.0690. The summed E-state index contributed by atoms with van der Waals surface area (Å²) in [5, 5.41) is 14.1. The molecule has 0 saturated heterocycles. The predicted octanol–water partition coefficient (Wildman–Crippen LogP) is 8.29. The Hall–Kier alpha value is -4.15. The van der Waals surface area contributed by atoms with Crippen LogP contribution >= 0.6 is 31.9 Å². The van der Waals surface area contributed by atoms with Gasteiger partial charge >= 0.3 is 0 Å². The van der Waals surface area contributed by atoms with E-state index in [1.54, 1.807) is 25.4 Å². The molecule has 0 radical (unpaired) electrons. The number of hydrogen-bond acceptors (Lipinski definition) is 6. The van der Waals surface area contributed by atoms with Gasteiger partial charge in [0.15, 0.2) is 11.6 Å². The van der Waals surface area contributed by atoms with Gasteiger partial charge in [-0.1, -0.05) is 44.0 Å². The minimum Gasteiger partial charge on any atom is -0.350 e. The number of Topliss-reactive ketones (excluding diaryl/α,β-unsaturated/α-hetero) is 2. The van der Waals surface area contributed by atoms with E-state index >= 15 is 0 Å². The van der Waals surface area contributed by atoms with Crippen LogP contribution in [0.1, 0.15) is 34.6 Å². The molecular formula is C29H22Br2N4O4. The number of anilines is 2. The van der Waals surface area contributed by atoms with Gasteiger partial charge in [0.1, 0.15) is 12.0 Å². The lowest BCUT2D eigenvalue weighted by molar-refractivity contribution is -0.383. The van der Waals surface area contributed by atoms with Gasteiger partial charge in [0, 0.05) is 37.5 Å². The number of aromatic nitrogens is 2. The maximum absolute atomic E-state index is 11.4. The molecule has 5 rings (SSSR count). The van der Waals surface area contributed by atoms with E-state index in [0.717, 1.165) is 31.4 Å². The summed E-state index contributed by atoms with van der Waals surface area (Å²) < 4.78 is 3.89. The van der Waals surface area contributed by atoms with Crippen molar-refractivity contribution in [3.63, 3.8) is 0 Å². The van der Waals surface area contributed by atoms with Crippen LogP contribution in [0.5, 0.6) is 0 Å². The molecule has 0 spiro atoms. The third-order valence-electron chi connectivity index (χ3n) is 5.74. The summed E-state index contributed by atoms with van der Waals surface area (Å²) in [4.78, 5) is 37.6. The van der Waals surface area contributed by atoms with Gasteiger partial charge in [0.2, 0.25) is 0 Å². The van der Waals surface area contributed by atoms with Crippen molar-refractivity contribution in [1.29, 1.82) is 0 Å². The molecule has 1 heterocycles. The van der Waals surface area contributed by atoms with Crippen molar-refractivity contribution in [2.45, 2.75) is 13.8 Å². The van der Waals surface area contributed by atoms with E-state index in [4.69, 9.17) is 0 Å². The van der Waals surface area contributed by atoms with Crippen LogP contribution in [0.3, 0.4) is 0 Å². The van der Waals surface area contributed by atoms with Crippen molar-refractivity contribution in [3.8, 4) is 5.69 Å². The average Bonchev–Trinajstić information content (AvgIpc) is 3.32. The number of hydrogen-bond donors (Lipinski definition) is 1. The first kappa shape index (κ1) is 27.9. The molecule has 4 aromatic carbocycles. The fourth-order valence-corrected chi connectivity index (χ4v) is 4.58. The molecule has 0 saturated carbocycles. The lowest BCUT2D eigenvalue weighted by atomic mass is 10.1. The number of rotatable bonds is 6. The maximum atomic E-state index is 11.4. The van der Waals surface area contributed by atoms with E-state index in [-0.39, 0.29) is 17.3 Å². The number of nitrogens with zero attached hydrogens (tertiary/aromatic N) is 3. The summed E-state index contributed by atoms with van der Waals surface area (Å²) in [6.45, 7) is 2.94. The van der Waals surface area contributed by atoms with Crippen LogP contribution in [-0.4, -0.2) is 26.0 Å². The molecule has 0 unspecified atom stereocenters. The Labute approximate surface area is 241 Å². The first-order valence-electron chi connectivity index (χ1n) is 11.7. The Morgan fingerprint density at radius 3 is 2.13 bits per heavy atom. The van der Waals surface area contributed by atoms with Crippen molar-refractivity contribution in [1.82, 2.24) is 9.55 Å². The maximum Gasteiger partial charge on any atom is 0.293 e. The van der Waals surface area contributed by atoms with Crippen LogP contribution in [0, 0.1) is 10.1 Å². The highest BCUT2D eigenvalue weighted by Crippen LogP contribution is 2.30. The normalized spacial score (nSPS) is 10.5. The number of nitrogens with one attached hydrogen (secondary N) is 1. The molecular weight excluding hydrogens is 628 g/mol. The van der Waals surface area contributed by atoms with Crippen molar-refractivity contribution in [2.24, 2.45) is 0 Å². The number of imidazole rings is 1. The van der Waals surface area contributed by atoms with Gasteiger partial charge < -0.3 is 5.32 Å². The Balaban J connectivity index is 0.000000181. The number of ketones is 2. The first-order chi connectivity index (χ1) is 18.6. The van der Waals surface area contributed by atoms with Crippen molar-refractivity contribution >= 4 is 71.5 Å².